The Hall–Kier alpha value is -1.83. The molecule has 1 saturated carbocycles. The van der Waals surface area contributed by atoms with Gasteiger partial charge in [-0.2, -0.15) is 0 Å². The smallest absolute Gasteiger partial charge is 0.292 e. The molecule has 4 N–H and O–H groups in total. The number of methoxy groups -OCH3 is 1. The first-order chi connectivity index (χ1) is 9.97. The van der Waals surface area contributed by atoms with Crippen LogP contribution in [0.4, 0.5) is 14.5 Å². The van der Waals surface area contributed by atoms with Crippen molar-refractivity contribution in [2.45, 2.75) is 17.7 Å². The number of amidine groups is 1. The molecule has 1 fully saturated rings. The molecule has 1 heterocycles. The van der Waals surface area contributed by atoms with E-state index in [1.54, 1.807) is 0 Å². The number of ether oxygens (including phenoxy) is 1. The average Bonchev–Trinajstić information content (AvgIpc) is 3.21. The number of thioether (sulfide) groups is 1. The Bertz CT molecular complexity index is 583. The molecule has 3 atom stereocenters. The molecule has 0 radical (unpaired) electrons. The lowest BCUT2D eigenvalue weighted by Crippen LogP contribution is -2.18. The molecule has 1 aromatic carbocycles. The third-order valence-corrected chi connectivity index (χ3v) is 4.41. The zero-order chi connectivity index (χ0) is 15.6. The van der Waals surface area contributed by atoms with Crippen molar-refractivity contribution in [3.63, 3.8) is 0 Å². The molecule has 3 unspecified atom stereocenters. The minimum atomic E-state index is -0.927. The topological polar surface area (TPSA) is 90.7 Å². The summed E-state index contributed by atoms with van der Waals surface area (Å²) in [5.74, 6) is -1.54. The monoisotopic (exact) mass is 315 g/mol. The van der Waals surface area contributed by atoms with E-state index < -0.39 is 11.6 Å². The van der Waals surface area contributed by atoms with Gasteiger partial charge in [-0.3, -0.25) is 9.79 Å². The molecule has 1 aliphatic heterocycles. The summed E-state index contributed by atoms with van der Waals surface area (Å²) in [5.41, 5.74) is 11.6. The van der Waals surface area contributed by atoms with Gasteiger partial charge in [-0.25, -0.2) is 8.78 Å². The van der Waals surface area contributed by atoms with E-state index in [-0.39, 0.29) is 23.2 Å². The minimum absolute atomic E-state index is 0.211. The van der Waals surface area contributed by atoms with Gasteiger partial charge >= 0.3 is 0 Å². The third-order valence-electron chi connectivity index (χ3n) is 3.22. The van der Waals surface area contributed by atoms with Gasteiger partial charge in [0.1, 0.15) is 0 Å². The first-order valence-corrected chi connectivity index (χ1v) is 7.06. The molecule has 8 heteroatoms. The predicted octanol–water partition coefficient (Wildman–Crippen LogP) is 1.83. The van der Waals surface area contributed by atoms with Crippen LogP contribution in [-0.2, 0) is 9.53 Å². The average molecular weight is 315 g/mol. The Balaban J connectivity index is 0.000000361. The molecule has 2 aliphatic rings. The van der Waals surface area contributed by atoms with Crippen molar-refractivity contribution in [2.75, 3.05) is 12.8 Å². The highest BCUT2D eigenvalue weighted by molar-refractivity contribution is 8.14. The Morgan fingerprint density at radius 3 is 2.71 bits per heavy atom. The number of carbonyl (C=O) groups is 1. The number of fused-ring (bicyclic) bond motifs is 1. The van der Waals surface area contributed by atoms with E-state index >= 15 is 0 Å². The summed E-state index contributed by atoms with van der Waals surface area (Å²) in [6.07, 6.45) is 0.940. The zero-order valence-corrected chi connectivity index (χ0v) is 12.1. The first-order valence-electron chi connectivity index (χ1n) is 6.18. The number of hydrogen-bond donors (Lipinski definition) is 2. The second-order valence-corrected chi connectivity index (χ2v) is 5.97. The van der Waals surface area contributed by atoms with Crippen molar-refractivity contribution in [1.29, 1.82) is 0 Å². The van der Waals surface area contributed by atoms with Gasteiger partial charge in [0.15, 0.2) is 16.8 Å². The second-order valence-electron chi connectivity index (χ2n) is 4.71. The van der Waals surface area contributed by atoms with Gasteiger partial charge in [0.25, 0.3) is 6.47 Å². The van der Waals surface area contributed by atoms with Crippen LogP contribution in [0, 0.1) is 17.6 Å². The summed E-state index contributed by atoms with van der Waals surface area (Å²) in [7, 11) is 1.31. The van der Waals surface area contributed by atoms with Gasteiger partial charge in [-0.1, -0.05) is 11.8 Å². The van der Waals surface area contributed by atoms with Gasteiger partial charge in [0.05, 0.1) is 13.2 Å². The fourth-order valence-corrected chi connectivity index (χ4v) is 3.35. The summed E-state index contributed by atoms with van der Waals surface area (Å²) in [6, 6.07) is 2.04. The van der Waals surface area contributed by atoms with Gasteiger partial charge in [0.2, 0.25) is 0 Å². The van der Waals surface area contributed by atoms with Gasteiger partial charge in [-0.15, -0.1) is 0 Å². The number of hydrogen-bond acceptors (Lipinski definition) is 6. The number of nitrogens with two attached hydrogens (primary N) is 2. The summed E-state index contributed by atoms with van der Waals surface area (Å²) < 4.78 is 30.9. The molecule has 0 aromatic heterocycles. The lowest BCUT2D eigenvalue weighted by atomic mass is 10.0. The van der Waals surface area contributed by atoms with Gasteiger partial charge < -0.3 is 16.2 Å². The van der Waals surface area contributed by atoms with E-state index in [4.69, 9.17) is 16.3 Å². The first kappa shape index (κ1) is 15.6. The van der Waals surface area contributed by atoms with E-state index in [1.807, 2.05) is 0 Å². The molecule has 0 saturated heterocycles. The Labute approximate surface area is 124 Å². The Kier molecular flexibility index (Phi) is 4.66. The summed E-state index contributed by atoms with van der Waals surface area (Å²) in [5, 5.41) is 0.831. The minimum Gasteiger partial charge on any atom is -0.471 e. The molecular formula is C13H15F2N3O2S. The molecule has 114 valence electrons. The lowest BCUT2D eigenvalue weighted by molar-refractivity contribution is -0.126. The van der Waals surface area contributed by atoms with Gasteiger partial charge in [-0.05, 0) is 24.5 Å². The highest BCUT2D eigenvalue weighted by atomic mass is 32.2. The molecule has 3 rings (SSSR count). The van der Waals surface area contributed by atoms with Crippen molar-refractivity contribution < 1.29 is 18.3 Å². The summed E-state index contributed by atoms with van der Waals surface area (Å²) >= 11 is 1.51. The maximum atomic E-state index is 13.7. The van der Waals surface area contributed by atoms with Crippen LogP contribution in [0.3, 0.4) is 0 Å². The summed E-state index contributed by atoms with van der Waals surface area (Å²) in [4.78, 5) is 13.2. The van der Waals surface area contributed by atoms with Crippen LogP contribution in [0.15, 0.2) is 17.1 Å². The van der Waals surface area contributed by atoms with Crippen LogP contribution in [0.25, 0.3) is 0 Å². The number of halogens is 2. The van der Waals surface area contributed by atoms with Crippen LogP contribution in [-0.4, -0.2) is 24.0 Å². The number of rotatable bonds is 2. The molecular weight excluding hydrogens is 300 g/mol. The Morgan fingerprint density at radius 1 is 1.43 bits per heavy atom. The maximum Gasteiger partial charge on any atom is 0.292 e. The van der Waals surface area contributed by atoms with Crippen LogP contribution < -0.4 is 11.5 Å². The van der Waals surface area contributed by atoms with Crippen LogP contribution in [0.2, 0.25) is 0 Å². The van der Waals surface area contributed by atoms with Gasteiger partial charge in [0, 0.05) is 16.5 Å². The molecule has 0 bridgehead atoms. The van der Waals surface area contributed by atoms with Crippen molar-refractivity contribution in [3.05, 3.63) is 29.3 Å². The molecule has 1 aromatic rings. The number of carbonyl (C=O) groups excluding carboxylic acids is 1. The highest BCUT2D eigenvalue weighted by Crippen LogP contribution is 2.54. The standard InChI is InChI=1S/C11H11F2N3S.C2H4O2/c12-7-2-4(14)1-6(9(7)13)10-5-3-8(5)17-11(15)16-10;1-4-2-3/h1-2,5,8,10H,3,14H2,(H2,15,16);2H,1H3. The molecule has 21 heavy (non-hydrogen) atoms. The SMILES string of the molecule is COC=O.NC1=NC(c2cc(N)cc(F)c2F)C2CC2S1. The highest BCUT2D eigenvalue weighted by Gasteiger charge is 2.48. The number of nitrogens with zero attached hydrogens (tertiary/aromatic N) is 1. The molecule has 1 aliphatic carbocycles. The Morgan fingerprint density at radius 2 is 2.10 bits per heavy atom. The lowest BCUT2D eigenvalue weighted by Gasteiger charge is -2.19. The van der Waals surface area contributed by atoms with E-state index in [0.29, 0.717) is 16.9 Å². The fraction of sp³-hybridized carbons (Fsp3) is 0.385. The largest absolute Gasteiger partial charge is 0.471 e. The van der Waals surface area contributed by atoms with E-state index in [1.165, 1.54) is 24.9 Å². The quantitative estimate of drug-likeness (QED) is 0.642. The number of anilines is 1. The maximum absolute atomic E-state index is 13.7. The fourth-order valence-electron chi connectivity index (χ4n) is 2.22. The van der Waals surface area contributed by atoms with Crippen molar-refractivity contribution in [2.24, 2.45) is 16.6 Å². The zero-order valence-electron chi connectivity index (χ0n) is 11.3. The van der Waals surface area contributed by atoms with E-state index in [0.717, 1.165) is 12.5 Å². The normalized spacial score (nSPS) is 25.9. The van der Waals surface area contributed by atoms with Crippen molar-refractivity contribution in [3.8, 4) is 0 Å². The number of nitrogen functional groups attached to an aromatic ring is 1. The van der Waals surface area contributed by atoms with E-state index in [2.05, 4.69) is 9.73 Å². The second kappa shape index (κ2) is 6.30. The van der Waals surface area contributed by atoms with Crippen molar-refractivity contribution >= 4 is 29.1 Å². The van der Waals surface area contributed by atoms with Crippen LogP contribution >= 0.6 is 11.8 Å². The van der Waals surface area contributed by atoms with E-state index in [9.17, 15) is 8.78 Å². The summed E-state index contributed by atoms with van der Waals surface area (Å²) in [6.45, 7) is 0.375. The van der Waals surface area contributed by atoms with Crippen LogP contribution in [0.5, 0.6) is 0 Å². The predicted molar refractivity (Wildman–Crippen MR) is 77.7 cm³/mol. The molecule has 0 spiro atoms. The number of aliphatic imine (C=N–C) groups is 1. The van der Waals surface area contributed by atoms with Crippen LogP contribution in [0.1, 0.15) is 18.0 Å². The molecule has 0 amide bonds. The molecule has 5 nitrogen and oxygen atoms in total. The number of benzene rings is 1. The third kappa shape index (κ3) is 3.44. The van der Waals surface area contributed by atoms with Crippen molar-refractivity contribution in [1.82, 2.24) is 0 Å².